The van der Waals surface area contributed by atoms with Crippen molar-refractivity contribution in [2.45, 2.75) is 13.8 Å². The lowest BCUT2D eigenvalue weighted by atomic mass is 10.1. The van der Waals surface area contributed by atoms with Gasteiger partial charge in [0, 0.05) is 5.56 Å². The van der Waals surface area contributed by atoms with Crippen LogP contribution in [0.15, 0.2) is 24.4 Å². The van der Waals surface area contributed by atoms with Crippen LogP contribution < -0.4 is 16.3 Å². The zero-order valence-electron chi connectivity index (χ0n) is 9.97. The molecule has 0 fully saturated rings. The van der Waals surface area contributed by atoms with Crippen molar-refractivity contribution < 1.29 is 4.74 Å². The number of benzene rings is 1. The first-order valence-electron chi connectivity index (χ1n) is 5.45. The Hall–Kier alpha value is -2.17. The van der Waals surface area contributed by atoms with Crippen LogP contribution in [0, 0.1) is 6.92 Å². The highest BCUT2D eigenvalue weighted by molar-refractivity contribution is 5.63. The molecule has 0 saturated carbocycles. The van der Waals surface area contributed by atoms with E-state index in [1.807, 2.05) is 32.0 Å². The molecule has 0 unspecified atom stereocenters. The highest BCUT2D eigenvalue weighted by Gasteiger charge is 2.07. The number of aryl methyl sites for hydroxylation is 1. The van der Waals surface area contributed by atoms with Crippen molar-refractivity contribution in [3.63, 3.8) is 0 Å². The molecular weight excluding hydrogens is 216 g/mol. The monoisotopic (exact) mass is 232 g/mol. The lowest BCUT2D eigenvalue weighted by Crippen LogP contribution is -2.09. The highest BCUT2D eigenvalue weighted by Crippen LogP contribution is 2.25. The summed E-state index contributed by atoms with van der Waals surface area (Å²) in [5, 5.41) is 0. The van der Waals surface area contributed by atoms with Crippen LogP contribution in [0.2, 0.25) is 0 Å². The molecule has 0 amide bonds. The minimum absolute atomic E-state index is 0.298. The second kappa shape index (κ2) is 4.37. The normalized spacial score (nSPS) is 10.5. The van der Waals surface area contributed by atoms with E-state index in [1.54, 1.807) is 6.20 Å². The van der Waals surface area contributed by atoms with E-state index < -0.39 is 0 Å². The maximum absolute atomic E-state index is 5.60. The predicted octanol–water partition coefficient (Wildman–Crippen LogP) is 1.55. The smallest absolute Gasteiger partial charge is 0.219 e. The minimum atomic E-state index is 0.298. The fraction of sp³-hybridized carbons (Fsp3) is 0.250. The molecule has 0 atom stereocenters. The Kier molecular flexibility index (Phi) is 2.91. The van der Waals surface area contributed by atoms with Crippen molar-refractivity contribution in [1.82, 2.24) is 9.66 Å². The van der Waals surface area contributed by atoms with Gasteiger partial charge in [-0.2, -0.15) is 0 Å². The number of nitrogens with zero attached hydrogens (tertiary/aromatic N) is 2. The highest BCUT2D eigenvalue weighted by atomic mass is 16.5. The van der Waals surface area contributed by atoms with Crippen LogP contribution in [0.3, 0.4) is 0 Å². The molecule has 0 bridgehead atoms. The minimum Gasteiger partial charge on any atom is -0.494 e. The SMILES string of the molecule is CCOc1ccc(-c2cn(N)c(N)n2)cc1C. The Morgan fingerprint density at radius 2 is 2.18 bits per heavy atom. The summed E-state index contributed by atoms with van der Waals surface area (Å²) in [7, 11) is 0. The molecule has 2 rings (SSSR count). The van der Waals surface area contributed by atoms with Crippen LogP contribution >= 0.6 is 0 Å². The third-order valence-electron chi connectivity index (χ3n) is 2.53. The molecule has 0 saturated heterocycles. The van der Waals surface area contributed by atoms with Gasteiger partial charge >= 0.3 is 0 Å². The zero-order valence-corrected chi connectivity index (χ0v) is 9.97. The van der Waals surface area contributed by atoms with E-state index in [4.69, 9.17) is 16.3 Å². The molecule has 0 spiro atoms. The van der Waals surface area contributed by atoms with Crippen molar-refractivity contribution in [2.75, 3.05) is 18.2 Å². The first-order chi connectivity index (χ1) is 8.11. The number of hydrogen-bond acceptors (Lipinski definition) is 4. The van der Waals surface area contributed by atoms with E-state index in [0.717, 1.165) is 22.6 Å². The van der Waals surface area contributed by atoms with Gasteiger partial charge in [0.05, 0.1) is 18.5 Å². The average molecular weight is 232 g/mol. The molecule has 1 aromatic carbocycles. The van der Waals surface area contributed by atoms with Gasteiger partial charge in [-0.05, 0) is 37.6 Å². The van der Waals surface area contributed by atoms with Crippen molar-refractivity contribution in [3.05, 3.63) is 30.0 Å². The second-order valence-corrected chi connectivity index (χ2v) is 3.80. The van der Waals surface area contributed by atoms with Crippen LogP contribution in [0.4, 0.5) is 5.95 Å². The first kappa shape index (κ1) is 11.3. The molecule has 4 N–H and O–H groups in total. The summed E-state index contributed by atoms with van der Waals surface area (Å²) in [6, 6.07) is 5.88. The average Bonchev–Trinajstić information content (AvgIpc) is 2.62. The van der Waals surface area contributed by atoms with Gasteiger partial charge in [0.1, 0.15) is 5.75 Å². The zero-order chi connectivity index (χ0) is 12.4. The van der Waals surface area contributed by atoms with Gasteiger partial charge in [-0.25, -0.2) is 9.66 Å². The van der Waals surface area contributed by atoms with Gasteiger partial charge in [0.2, 0.25) is 5.95 Å². The third-order valence-corrected chi connectivity index (χ3v) is 2.53. The number of imidazole rings is 1. The molecule has 2 aromatic rings. The van der Waals surface area contributed by atoms with E-state index >= 15 is 0 Å². The topological polar surface area (TPSA) is 79.1 Å². The van der Waals surface area contributed by atoms with Crippen molar-refractivity contribution >= 4 is 5.95 Å². The lowest BCUT2D eigenvalue weighted by molar-refractivity contribution is 0.338. The van der Waals surface area contributed by atoms with E-state index in [2.05, 4.69) is 4.98 Å². The van der Waals surface area contributed by atoms with E-state index in [-0.39, 0.29) is 0 Å². The third kappa shape index (κ3) is 2.18. The van der Waals surface area contributed by atoms with Crippen molar-refractivity contribution in [3.8, 4) is 17.0 Å². The Bertz CT molecular complexity index is 514. The lowest BCUT2D eigenvalue weighted by Gasteiger charge is -2.07. The fourth-order valence-corrected chi connectivity index (χ4v) is 1.67. The number of hydrogen-bond donors (Lipinski definition) is 2. The molecule has 5 nitrogen and oxygen atoms in total. The summed E-state index contributed by atoms with van der Waals surface area (Å²) in [4.78, 5) is 4.17. The summed E-state index contributed by atoms with van der Waals surface area (Å²) < 4.78 is 6.79. The molecule has 90 valence electrons. The van der Waals surface area contributed by atoms with Crippen molar-refractivity contribution in [2.24, 2.45) is 0 Å². The predicted molar refractivity (Wildman–Crippen MR) is 68.1 cm³/mol. The second-order valence-electron chi connectivity index (χ2n) is 3.80. The van der Waals surface area contributed by atoms with Crippen LogP contribution in [0.5, 0.6) is 5.75 Å². The van der Waals surface area contributed by atoms with Crippen LogP contribution in [-0.2, 0) is 0 Å². The fourth-order valence-electron chi connectivity index (χ4n) is 1.67. The standard InChI is InChI=1S/C12H16N4O/c1-3-17-11-5-4-9(6-8(11)2)10-7-16(14)12(13)15-10/h4-7H,3,14H2,1-2H3,(H2,13,15). The van der Waals surface area contributed by atoms with E-state index in [1.165, 1.54) is 4.68 Å². The van der Waals surface area contributed by atoms with Gasteiger partial charge < -0.3 is 16.3 Å². The molecule has 0 aliphatic carbocycles. The number of aromatic nitrogens is 2. The van der Waals surface area contributed by atoms with Crippen LogP contribution in [0.1, 0.15) is 12.5 Å². The number of rotatable bonds is 3. The van der Waals surface area contributed by atoms with Crippen molar-refractivity contribution in [1.29, 1.82) is 0 Å². The van der Waals surface area contributed by atoms with Crippen LogP contribution in [-0.4, -0.2) is 16.3 Å². The Labute approximate surface area is 100.0 Å². The largest absolute Gasteiger partial charge is 0.494 e. The number of nitrogen functional groups attached to an aromatic ring is 2. The maximum atomic E-state index is 5.60. The van der Waals surface area contributed by atoms with Gasteiger partial charge in [0.15, 0.2) is 0 Å². The summed E-state index contributed by atoms with van der Waals surface area (Å²) in [5.74, 6) is 6.78. The van der Waals surface area contributed by atoms with Gasteiger partial charge in [0.25, 0.3) is 0 Å². The molecule has 0 aliphatic heterocycles. The van der Waals surface area contributed by atoms with Crippen LogP contribution in [0.25, 0.3) is 11.3 Å². The number of anilines is 1. The molecule has 0 aliphatic rings. The molecule has 0 radical (unpaired) electrons. The van der Waals surface area contributed by atoms with Gasteiger partial charge in [-0.1, -0.05) is 0 Å². The Balaban J connectivity index is 2.37. The number of nitrogens with two attached hydrogens (primary N) is 2. The Morgan fingerprint density at radius 1 is 1.41 bits per heavy atom. The molecule has 5 heteroatoms. The van der Waals surface area contributed by atoms with Gasteiger partial charge in [-0.15, -0.1) is 0 Å². The summed E-state index contributed by atoms with van der Waals surface area (Å²) in [6.45, 7) is 4.62. The summed E-state index contributed by atoms with van der Waals surface area (Å²) in [6.07, 6.45) is 1.70. The van der Waals surface area contributed by atoms with E-state index in [9.17, 15) is 0 Å². The molecular formula is C12H16N4O. The quantitative estimate of drug-likeness (QED) is 0.787. The van der Waals surface area contributed by atoms with E-state index in [0.29, 0.717) is 12.6 Å². The maximum Gasteiger partial charge on any atom is 0.219 e. The summed E-state index contributed by atoms with van der Waals surface area (Å²) >= 11 is 0. The van der Waals surface area contributed by atoms with Gasteiger partial charge in [-0.3, -0.25) is 0 Å². The molecule has 1 aromatic heterocycles. The number of ether oxygens (including phenoxy) is 1. The molecule has 17 heavy (non-hydrogen) atoms. The summed E-state index contributed by atoms with van der Waals surface area (Å²) in [5.41, 5.74) is 8.39. The first-order valence-corrected chi connectivity index (χ1v) is 5.45. The Morgan fingerprint density at radius 3 is 2.71 bits per heavy atom. The molecule has 1 heterocycles.